The van der Waals surface area contributed by atoms with E-state index in [0.717, 1.165) is 48.4 Å². The second-order valence-electron chi connectivity index (χ2n) is 5.22. The summed E-state index contributed by atoms with van der Waals surface area (Å²) in [6.45, 7) is 1.96. The van der Waals surface area contributed by atoms with Crippen molar-refractivity contribution in [2.45, 2.75) is 12.8 Å². The van der Waals surface area contributed by atoms with E-state index in [0.29, 0.717) is 12.0 Å². The van der Waals surface area contributed by atoms with Crippen molar-refractivity contribution in [1.82, 2.24) is 4.98 Å². The number of hydrogen-bond acceptors (Lipinski definition) is 4. The molecule has 0 aliphatic carbocycles. The summed E-state index contributed by atoms with van der Waals surface area (Å²) < 4.78 is 0. The predicted molar refractivity (Wildman–Crippen MR) is 85.5 cm³/mol. The largest absolute Gasteiger partial charge is 0.370 e. The fourth-order valence-electron chi connectivity index (χ4n) is 2.83. The summed E-state index contributed by atoms with van der Waals surface area (Å²) in [5, 5.41) is 12.0. The standard InChI is InChI=1S/C17H16N4O/c18-10-14-5-6-19-11-15(14)13-3-4-16(20-12-22)17(9-13)21-7-1-2-8-21/h3-6,9,11-12H,1-2,7-8H2,(H,20,22). The number of carbonyl (C=O) groups is 1. The topological polar surface area (TPSA) is 69.0 Å². The molecule has 2 aromatic rings. The summed E-state index contributed by atoms with van der Waals surface area (Å²) >= 11 is 0. The molecule has 22 heavy (non-hydrogen) atoms. The summed E-state index contributed by atoms with van der Waals surface area (Å²) in [7, 11) is 0. The molecule has 0 saturated carbocycles. The van der Waals surface area contributed by atoms with Crippen molar-refractivity contribution >= 4 is 17.8 Å². The maximum absolute atomic E-state index is 10.8. The third kappa shape index (κ3) is 2.63. The highest BCUT2D eigenvalue weighted by atomic mass is 16.1. The molecule has 2 heterocycles. The lowest BCUT2D eigenvalue weighted by atomic mass is 10.0. The average molecular weight is 292 g/mol. The number of rotatable bonds is 4. The molecule has 1 aliphatic rings. The molecule has 1 aromatic carbocycles. The minimum Gasteiger partial charge on any atom is -0.370 e. The minimum atomic E-state index is 0.596. The van der Waals surface area contributed by atoms with Gasteiger partial charge in [-0.15, -0.1) is 0 Å². The highest BCUT2D eigenvalue weighted by Crippen LogP contribution is 2.34. The van der Waals surface area contributed by atoms with Crippen LogP contribution in [0.2, 0.25) is 0 Å². The molecule has 0 atom stereocenters. The first-order chi connectivity index (χ1) is 10.8. The van der Waals surface area contributed by atoms with E-state index < -0.39 is 0 Å². The Hall–Kier alpha value is -2.87. The van der Waals surface area contributed by atoms with Crippen LogP contribution in [0, 0.1) is 11.3 Å². The fraction of sp³-hybridized carbons (Fsp3) is 0.235. The molecule has 1 N–H and O–H groups in total. The highest BCUT2D eigenvalue weighted by Gasteiger charge is 2.17. The first kappa shape index (κ1) is 14.1. The molecule has 1 aliphatic heterocycles. The second-order valence-corrected chi connectivity index (χ2v) is 5.22. The van der Waals surface area contributed by atoms with Gasteiger partial charge in [0.15, 0.2) is 0 Å². The Morgan fingerprint density at radius 3 is 2.82 bits per heavy atom. The number of nitrogens with zero attached hydrogens (tertiary/aromatic N) is 3. The van der Waals surface area contributed by atoms with E-state index in [1.165, 1.54) is 0 Å². The van der Waals surface area contributed by atoms with Crippen LogP contribution in [-0.4, -0.2) is 24.5 Å². The molecule has 1 amide bonds. The molecule has 3 rings (SSSR count). The lowest BCUT2D eigenvalue weighted by Crippen LogP contribution is -2.19. The maximum Gasteiger partial charge on any atom is 0.211 e. The number of hydrogen-bond donors (Lipinski definition) is 1. The Balaban J connectivity index is 2.08. The fourth-order valence-corrected chi connectivity index (χ4v) is 2.83. The van der Waals surface area contributed by atoms with Gasteiger partial charge >= 0.3 is 0 Å². The molecule has 0 radical (unpaired) electrons. The van der Waals surface area contributed by atoms with E-state index in [9.17, 15) is 10.1 Å². The Kier molecular flexibility index (Phi) is 4.01. The molecule has 0 spiro atoms. The van der Waals surface area contributed by atoms with E-state index >= 15 is 0 Å². The van der Waals surface area contributed by atoms with Gasteiger partial charge in [0.1, 0.15) is 0 Å². The quantitative estimate of drug-likeness (QED) is 0.880. The van der Waals surface area contributed by atoms with Crippen LogP contribution in [0.1, 0.15) is 18.4 Å². The smallest absolute Gasteiger partial charge is 0.211 e. The predicted octanol–water partition coefficient (Wildman–Crippen LogP) is 2.79. The van der Waals surface area contributed by atoms with Gasteiger partial charge in [-0.3, -0.25) is 9.78 Å². The van der Waals surface area contributed by atoms with Gasteiger partial charge in [-0.25, -0.2) is 0 Å². The Bertz CT molecular complexity index is 730. The van der Waals surface area contributed by atoms with Crippen molar-refractivity contribution in [2.24, 2.45) is 0 Å². The van der Waals surface area contributed by atoms with E-state index in [1.54, 1.807) is 18.5 Å². The molecule has 5 heteroatoms. The summed E-state index contributed by atoms with van der Waals surface area (Å²) in [5.74, 6) is 0. The van der Waals surface area contributed by atoms with Gasteiger partial charge in [0, 0.05) is 31.0 Å². The van der Waals surface area contributed by atoms with Crippen molar-refractivity contribution in [1.29, 1.82) is 5.26 Å². The SMILES string of the molecule is N#Cc1ccncc1-c1ccc(NC=O)c(N2CCCC2)c1. The van der Waals surface area contributed by atoms with Crippen LogP contribution < -0.4 is 10.2 Å². The lowest BCUT2D eigenvalue weighted by molar-refractivity contribution is -0.105. The summed E-state index contributed by atoms with van der Waals surface area (Å²) in [4.78, 5) is 17.2. The number of aromatic nitrogens is 1. The van der Waals surface area contributed by atoms with Crippen molar-refractivity contribution in [3.63, 3.8) is 0 Å². The number of pyridine rings is 1. The zero-order valence-corrected chi connectivity index (χ0v) is 12.1. The van der Waals surface area contributed by atoms with Gasteiger partial charge < -0.3 is 10.2 Å². The van der Waals surface area contributed by atoms with Gasteiger partial charge in [0.25, 0.3) is 0 Å². The van der Waals surface area contributed by atoms with Crippen LogP contribution in [0.3, 0.4) is 0 Å². The third-order valence-electron chi connectivity index (χ3n) is 3.91. The lowest BCUT2D eigenvalue weighted by Gasteiger charge is -2.22. The number of benzene rings is 1. The van der Waals surface area contributed by atoms with Gasteiger partial charge in [-0.1, -0.05) is 6.07 Å². The van der Waals surface area contributed by atoms with E-state index in [-0.39, 0.29) is 0 Å². The zero-order chi connectivity index (χ0) is 15.4. The maximum atomic E-state index is 10.8. The molecule has 1 fully saturated rings. The van der Waals surface area contributed by atoms with Crippen molar-refractivity contribution in [3.05, 3.63) is 42.2 Å². The van der Waals surface area contributed by atoms with Crippen molar-refractivity contribution in [3.8, 4) is 17.2 Å². The van der Waals surface area contributed by atoms with Gasteiger partial charge in [0.2, 0.25) is 6.41 Å². The van der Waals surface area contributed by atoms with E-state index in [4.69, 9.17) is 0 Å². The van der Waals surface area contributed by atoms with Crippen LogP contribution in [0.4, 0.5) is 11.4 Å². The Labute approximate surface area is 129 Å². The molecule has 1 aromatic heterocycles. The second kappa shape index (κ2) is 6.27. The summed E-state index contributed by atoms with van der Waals surface area (Å²) in [5.41, 5.74) is 4.13. The summed E-state index contributed by atoms with van der Waals surface area (Å²) in [6, 6.07) is 9.72. The number of nitriles is 1. The third-order valence-corrected chi connectivity index (χ3v) is 3.91. The van der Waals surface area contributed by atoms with Crippen molar-refractivity contribution < 1.29 is 4.79 Å². The van der Waals surface area contributed by atoms with E-state index in [2.05, 4.69) is 21.3 Å². The number of anilines is 2. The minimum absolute atomic E-state index is 0.596. The molecule has 0 unspecified atom stereocenters. The van der Waals surface area contributed by atoms with Gasteiger partial charge in [-0.05, 0) is 36.6 Å². The normalized spacial score (nSPS) is 13.7. The molecule has 110 valence electrons. The number of amides is 1. The average Bonchev–Trinajstić information content (AvgIpc) is 3.10. The van der Waals surface area contributed by atoms with Gasteiger partial charge in [-0.2, -0.15) is 5.26 Å². The van der Waals surface area contributed by atoms with Crippen LogP contribution >= 0.6 is 0 Å². The van der Waals surface area contributed by atoms with Crippen LogP contribution in [0.5, 0.6) is 0 Å². The monoisotopic (exact) mass is 292 g/mol. The number of carbonyl (C=O) groups excluding carboxylic acids is 1. The first-order valence-corrected chi connectivity index (χ1v) is 7.27. The van der Waals surface area contributed by atoms with Crippen LogP contribution in [0.15, 0.2) is 36.7 Å². The molecular formula is C17H16N4O. The Morgan fingerprint density at radius 2 is 2.09 bits per heavy atom. The molecular weight excluding hydrogens is 276 g/mol. The summed E-state index contributed by atoms with van der Waals surface area (Å²) in [6.07, 6.45) is 6.32. The van der Waals surface area contributed by atoms with Crippen molar-refractivity contribution in [2.75, 3.05) is 23.3 Å². The molecule has 1 saturated heterocycles. The Morgan fingerprint density at radius 1 is 1.27 bits per heavy atom. The van der Waals surface area contributed by atoms with Crippen LogP contribution in [0.25, 0.3) is 11.1 Å². The van der Waals surface area contributed by atoms with Gasteiger partial charge in [0.05, 0.1) is 23.0 Å². The first-order valence-electron chi connectivity index (χ1n) is 7.27. The van der Waals surface area contributed by atoms with Crippen LogP contribution in [-0.2, 0) is 4.79 Å². The molecule has 5 nitrogen and oxygen atoms in total. The molecule has 0 bridgehead atoms. The van der Waals surface area contributed by atoms with E-state index in [1.807, 2.05) is 18.2 Å². The zero-order valence-electron chi connectivity index (χ0n) is 12.1. The highest BCUT2D eigenvalue weighted by molar-refractivity contribution is 5.85. The number of nitrogens with one attached hydrogen (secondary N) is 1.